The Balaban J connectivity index is 1.21. The fourth-order valence-electron chi connectivity index (χ4n) is 6.40. The van der Waals surface area contributed by atoms with Gasteiger partial charge in [0.1, 0.15) is 11.5 Å². The van der Waals surface area contributed by atoms with E-state index in [0.717, 1.165) is 76.9 Å². The van der Waals surface area contributed by atoms with Gasteiger partial charge in [-0.3, -0.25) is 4.90 Å². The van der Waals surface area contributed by atoms with E-state index in [1.54, 1.807) is 7.11 Å². The third-order valence-corrected chi connectivity index (χ3v) is 8.98. The lowest BCUT2D eigenvalue weighted by molar-refractivity contribution is 0.0712. The highest BCUT2D eigenvalue weighted by Gasteiger charge is 2.36. The molecular formula is C30H43ClN4O2. The van der Waals surface area contributed by atoms with Gasteiger partial charge in [0.2, 0.25) is 0 Å². The quantitative estimate of drug-likeness (QED) is 0.485. The first-order chi connectivity index (χ1) is 18.0. The number of nitrogens with zero attached hydrogens (tertiary/aromatic N) is 3. The fourth-order valence-corrected chi connectivity index (χ4v) is 6.60. The minimum Gasteiger partial charge on any atom is -0.495 e. The molecule has 2 atom stereocenters. The molecule has 6 nitrogen and oxygen atoms in total. The van der Waals surface area contributed by atoms with Gasteiger partial charge < -0.3 is 24.6 Å². The van der Waals surface area contributed by atoms with Crippen molar-refractivity contribution < 1.29 is 9.47 Å². The van der Waals surface area contributed by atoms with Gasteiger partial charge in [0.15, 0.2) is 0 Å². The zero-order valence-corrected chi connectivity index (χ0v) is 23.5. The molecule has 0 radical (unpaired) electrons. The first-order valence-electron chi connectivity index (χ1n) is 14.1. The maximum Gasteiger partial charge on any atom is 0.139 e. The molecule has 0 aliphatic carbocycles. The molecule has 5 rings (SSSR count). The van der Waals surface area contributed by atoms with Gasteiger partial charge >= 0.3 is 0 Å². The molecule has 7 heteroatoms. The Hall–Kier alpha value is -1.99. The van der Waals surface area contributed by atoms with Crippen LogP contribution in [0.4, 0.5) is 5.69 Å². The number of hydrogen-bond acceptors (Lipinski definition) is 6. The average molecular weight is 527 g/mol. The van der Waals surface area contributed by atoms with Crippen LogP contribution in [0.15, 0.2) is 30.3 Å². The molecule has 3 heterocycles. The van der Waals surface area contributed by atoms with Crippen molar-refractivity contribution in [1.82, 2.24) is 15.1 Å². The smallest absolute Gasteiger partial charge is 0.139 e. The minimum absolute atomic E-state index is 0.487. The van der Waals surface area contributed by atoms with Gasteiger partial charge in [-0.1, -0.05) is 17.7 Å². The predicted molar refractivity (Wildman–Crippen MR) is 153 cm³/mol. The first-order valence-corrected chi connectivity index (χ1v) is 14.4. The van der Waals surface area contributed by atoms with Gasteiger partial charge in [-0.15, -0.1) is 0 Å². The van der Waals surface area contributed by atoms with E-state index in [1.165, 1.54) is 41.6 Å². The molecular weight excluding hydrogens is 484 g/mol. The largest absolute Gasteiger partial charge is 0.495 e. The molecule has 202 valence electrons. The van der Waals surface area contributed by atoms with E-state index in [9.17, 15) is 0 Å². The van der Waals surface area contributed by atoms with Crippen LogP contribution in [-0.4, -0.2) is 81.9 Å². The van der Waals surface area contributed by atoms with E-state index in [4.69, 9.17) is 21.1 Å². The highest BCUT2D eigenvalue weighted by atomic mass is 35.5. The monoisotopic (exact) mass is 526 g/mol. The summed E-state index contributed by atoms with van der Waals surface area (Å²) >= 11 is 6.27. The van der Waals surface area contributed by atoms with Crippen LogP contribution in [0.1, 0.15) is 48.4 Å². The Morgan fingerprint density at radius 3 is 2.62 bits per heavy atom. The molecule has 2 aromatic rings. The summed E-state index contributed by atoms with van der Waals surface area (Å²) in [5.41, 5.74) is 5.38. The number of benzene rings is 2. The molecule has 0 bridgehead atoms. The summed E-state index contributed by atoms with van der Waals surface area (Å²) in [5, 5.41) is 4.09. The maximum absolute atomic E-state index is 6.27. The summed E-state index contributed by atoms with van der Waals surface area (Å²) in [4.78, 5) is 7.80. The van der Waals surface area contributed by atoms with Crippen molar-refractivity contribution in [3.8, 4) is 11.5 Å². The second-order valence-electron chi connectivity index (χ2n) is 10.8. The topological polar surface area (TPSA) is 40.2 Å². The molecule has 3 aliphatic heterocycles. The number of ether oxygens (including phenoxy) is 2. The van der Waals surface area contributed by atoms with Crippen LogP contribution in [0.3, 0.4) is 0 Å². The van der Waals surface area contributed by atoms with Crippen LogP contribution in [0.2, 0.25) is 5.02 Å². The van der Waals surface area contributed by atoms with E-state index >= 15 is 0 Å². The molecule has 1 unspecified atom stereocenters. The second-order valence-corrected chi connectivity index (χ2v) is 11.2. The number of methoxy groups -OCH3 is 1. The summed E-state index contributed by atoms with van der Waals surface area (Å²) < 4.78 is 11.7. The van der Waals surface area contributed by atoms with Crippen molar-refractivity contribution in [1.29, 1.82) is 0 Å². The van der Waals surface area contributed by atoms with Gasteiger partial charge in [0, 0.05) is 76.2 Å². The van der Waals surface area contributed by atoms with Crippen LogP contribution in [0.25, 0.3) is 0 Å². The van der Waals surface area contributed by atoms with E-state index in [0.29, 0.717) is 17.1 Å². The van der Waals surface area contributed by atoms with Crippen LogP contribution >= 0.6 is 11.6 Å². The molecule has 3 aliphatic rings. The minimum atomic E-state index is 0.487. The Morgan fingerprint density at radius 2 is 1.81 bits per heavy atom. The third kappa shape index (κ3) is 6.03. The van der Waals surface area contributed by atoms with Gasteiger partial charge in [0.05, 0.1) is 18.7 Å². The molecule has 0 amide bonds. The number of hydrogen-bond donors (Lipinski definition) is 1. The lowest BCUT2D eigenvalue weighted by Crippen LogP contribution is -2.56. The normalized spacial score (nSPS) is 23.1. The highest BCUT2D eigenvalue weighted by molar-refractivity contribution is 6.32. The van der Waals surface area contributed by atoms with Crippen molar-refractivity contribution in [2.75, 3.05) is 71.0 Å². The summed E-state index contributed by atoms with van der Waals surface area (Å²) in [6.45, 7) is 14.1. The van der Waals surface area contributed by atoms with Gasteiger partial charge in [-0.2, -0.15) is 0 Å². The molecule has 37 heavy (non-hydrogen) atoms. The lowest BCUT2D eigenvalue weighted by atomic mass is 9.86. The SMILES string of the molecule is COc1cc(N2CCN3C(CCC[C@@H]3c3ccc(OCCCN4CCNCC4)c(C)c3C)C2)ccc1Cl. The van der Waals surface area contributed by atoms with Gasteiger partial charge in [0.25, 0.3) is 0 Å². The summed E-state index contributed by atoms with van der Waals surface area (Å²) in [7, 11) is 1.68. The van der Waals surface area contributed by atoms with Crippen molar-refractivity contribution >= 4 is 17.3 Å². The van der Waals surface area contributed by atoms with Gasteiger partial charge in [-0.05, 0) is 74.4 Å². The molecule has 0 saturated carbocycles. The van der Waals surface area contributed by atoms with Crippen LogP contribution in [-0.2, 0) is 0 Å². The van der Waals surface area contributed by atoms with Crippen LogP contribution < -0.4 is 19.7 Å². The van der Waals surface area contributed by atoms with E-state index in [1.807, 2.05) is 6.07 Å². The van der Waals surface area contributed by atoms with E-state index in [-0.39, 0.29) is 0 Å². The Labute approximate surface area is 227 Å². The van der Waals surface area contributed by atoms with Crippen LogP contribution in [0.5, 0.6) is 11.5 Å². The zero-order chi connectivity index (χ0) is 25.8. The zero-order valence-electron chi connectivity index (χ0n) is 22.8. The van der Waals surface area contributed by atoms with Gasteiger partial charge in [-0.25, -0.2) is 0 Å². The molecule has 1 N–H and O–H groups in total. The van der Waals surface area contributed by atoms with E-state index < -0.39 is 0 Å². The summed E-state index contributed by atoms with van der Waals surface area (Å²) in [5.74, 6) is 1.80. The highest BCUT2D eigenvalue weighted by Crippen LogP contribution is 2.40. The number of rotatable bonds is 8. The molecule has 0 aromatic heterocycles. The first kappa shape index (κ1) is 26.6. The van der Waals surface area contributed by atoms with Crippen molar-refractivity contribution in [2.24, 2.45) is 0 Å². The molecule has 0 spiro atoms. The lowest BCUT2D eigenvalue weighted by Gasteiger charge is -2.49. The number of anilines is 1. The van der Waals surface area contributed by atoms with Crippen molar-refractivity contribution in [3.63, 3.8) is 0 Å². The number of fused-ring (bicyclic) bond motifs is 1. The van der Waals surface area contributed by atoms with Crippen LogP contribution in [0, 0.1) is 13.8 Å². The summed E-state index contributed by atoms with van der Waals surface area (Å²) in [6.07, 6.45) is 4.83. The maximum atomic E-state index is 6.27. The Morgan fingerprint density at radius 1 is 0.973 bits per heavy atom. The summed E-state index contributed by atoms with van der Waals surface area (Å²) in [6, 6.07) is 11.8. The standard InChI is InChI=1S/C30H43ClN4O2/c1-22-23(2)29(37-19-5-14-33-15-12-32-13-16-33)11-9-26(22)28-7-4-6-25-21-34(17-18-35(25)28)24-8-10-27(31)30(20-24)36-3/h8-11,20,25,28,32H,4-7,12-19,21H2,1-3H3/t25?,28-/m1/s1. The average Bonchev–Trinajstić information content (AvgIpc) is 2.93. The Bertz CT molecular complexity index is 1060. The number of nitrogens with one attached hydrogen (secondary N) is 1. The predicted octanol–water partition coefficient (Wildman–Crippen LogP) is 5.06. The van der Waals surface area contributed by atoms with E-state index in [2.05, 4.69) is 58.1 Å². The van der Waals surface area contributed by atoms with Crippen molar-refractivity contribution in [2.45, 2.75) is 51.6 Å². The number of piperazine rings is 2. The molecule has 2 aromatic carbocycles. The number of halogens is 1. The number of piperidine rings is 1. The fraction of sp³-hybridized carbons (Fsp3) is 0.600. The Kier molecular flexibility index (Phi) is 8.81. The van der Waals surface area contributed by atoms with Crippen molar-refractivity contribution in [3.05, 3.63) is 52.0 Å². The molecule has 3 saturated heterocycles. The second kappa shape index (κ2) is 12.2. The third-order valence-electron chi connectivity index (χ3n) is 8.67. The molecule has 3 fully saturated rings.